The van der Waals surface area contributed by atoms with E-state index in [0.29, 0.717) is 39.2 Å². The summed E-state index contributed by atoms with van der Waals surface area (Å²) in [5.74, 6) is -1.32. The molecule has 0 bridgehead atoms. The molecule has 0 radical (unpaired) electrons. The first-order chi connectivity index (χ1) is 15.7. The Balaban J connectivity index is 0.000000514. The van der Waals surface area contributed by atoms with E-state index >= 15 is 0 Å². The molecule has 0 aliphatic carbocycles. The number of carbonyl (C=O) groups excluding carboxylic acids is 3. The van der Waals surface area contributed by atoms with Gasteiger partial charge in [0, 0.05) is 5.69 Å². The number of hydrogen-bond donors (Lipinski definition) is 1. The molecule has 0 unspecified atom stereocenters. The van der Waals surface area contributed by atoms with E-state index in [1.54, 1.807) is 44.2 Å². The lowest BCUT2D eigenvalue weighted by molar-refractivity contribution is -0.148. The van der Waals surface area contributed by atoms with Crippen LogP contribution in [0.4, 0.5) is 11.4 Å². The molecule has 0 spiro atoms. The van der Waals surface area contributed by atoms with Crippen LogP contribution in [0.25, 0.3) is 0 Å². The van der Waals surface area contributed by atoms with Crippen molar-refractivity contribution in [3.8, 4) is 12.1 Å². The highest BCUT2D eigenvalue weighted by molar-refractivity contribution is 6.32. The third-order valence-electron chi connectivity index (χ3n) is 3.17. The molecule has 9 nitrogen and oxygen atoms in total. The lowest BCUT2D eigenvalue weighted by atomic mass is 10.2. The van der Waals surface area contributed by atoms with Gasteiger partial charge in [-0.2, -0.15) is 10.5 Å². The molecule has 0 atom stereocenters. The van der Waals surface area contributed by atoms with Crippen molar-refractivity contribution in [1.82, 2.24) is 0 Å². The number of carbonyl (C=O) groups is 3. The van der Waals surface area contributed by atoms with Gasteiger partial charge < -0.3 is 15.2 Å². The van der Waals surface area contributed by atoms with E-state index in [9.17, 15) is 14.4 Å². The van der Waals surface area contributed by atoms with Gasteiger partial charge in [-0.1, -0.05) is 23.2 Å². The van der Waals surface area contributed by atoms with Gasteiger partial charge in [0.15, 0.2) is 0 Å². The van der Waals surface area contributed by atoms with Crippen LogP contribution in [0.1, 0.15) is 25.0 Å². The smallest absolute Gasteiger partial charge is 0.371 e. The quantitative estimate of drug-likeness (QED) is 0.216. The molecule has 11 heteroatoms. The number of rotatable bonds is 5. The second-order valence-corrected chi connectivity index (χ2v) is 6.32. The second kappa shape index (κ2) is 16.7. The van der Waals surface area contributed by atoms with Crippen molar-refractivity contribution in [3.63, 3.8) is 0 Å². The molecule has 172 valence electrons. The fourth-order valence-corrected chi connectivity index (χ4v) is 2.11. The standard InChI is InChI=1S/C11H9ClN2O2.C7H5ClN2.C4H6O3/c1-2-16-11(15)7-14-9-3-4-10(12)8(5-9)6-13;8-7-2-1-6(10)3-5(7)4-9;1-2-7-4(6)3-5/h3-5,7H,2H2,1H3;1-3H,10H2;3H,2H2,1H3. The number of aliphatic imine (C=N–C) groups is 1. The van der Waals surface area contributed by atoms with Crippen LogP contribution in [0.5, 0.6) is 0 Å². The maximum absolute atomic E-state index is 11.0. The average Bonchev–Trinajstić information content (AvgIpc) is 2.81. The fourth-order valence-electron chi connectivity index (χ4n) is 1.79. The molecule has 2 aromatic rings. The number of esters is 2. The van der Waals surface area contributed by atoms with Gasteiger partial charge >= 0.3 is 11.9 Å². The molecule has 0 saturated carbocycles. The summed E-state index contributed by atoms with van der Waals surface area (Å²) in [6.45, 7) is 3.91. The van der Waals surface area contributed by atoms with E-state index in [0.717, 1.165) is 6.21 Å². The Labute approximate surface area is 200 Å². The highest BCUT2D eigenvalue weighted by Gasteiger charge is 2.01. The van der Waals surface area contributed by atoms with Crippen molar-refractivity contribution in [2.75, 3.05) is 18.9 Å². The Kier molecular flexibility index (Phi) is 14.7. The minimum atomic E-state index is -0.803. The minimum absolute atomic E-state index is 0.142. The number of benzene rings is 2. The van der Waals surface area contributed by atoms with Crippen LogP contribution in [-0.2, 0) is 23.9 Å². The molecule has 2 aromatic carbocycles. The van der Waals surface area contributed by atoms with E-state index in [1.807, 2.05) is 12.1 Å². The monoisotopic (exact) mass is 490 g/mol. The predicted octanol–water partition coefficient (Wildman–Crippen LogP) is 4.02. The van der Waals surface area contributed by atoms with Crippen molar-refractivity contribution in [2.45, 2.75) is 13.8 Å². The van der Waals surface area contributed by atoms with Crippen LogP contribution in [0.3, 0.4) is 0 Å². The van der Waals surface area contributed by atoms with Crippen molar-refractivity contribution in [3.05, 3.63) is 57.6 Å². The number of nitrogen functional groups attached to an aromatic ring is 1. The lowest BCUT2D eigenvalue weighted by Gasteiger charge is -1.97. The first kappa shape index (κ1) is 29.1. The SMILES string of the molecule is CCOC(=O)C=Nc1ccc(Cl)c(C#N)c1.CCOC(=O)C=O.N#Cc1cc(N)ccc1Cl. The van der Waals surface area contributed by atoms with E-state index in [4.69, 9.17) is 39.5 Å². The van der Waals surface area contributed by atoms with Crippen molar-refractivity contribution >= 4 is 59.0 Å². The summed E-state index contributed by atoms with van der Waals surface area (Å²) in [5.41, 5.74) is 7.17. The Morgan fingerprint density at radius 3 is 1.94 bits per heavy atom. The van der Waals surface area contributed by atoms with E-state index in [1.165, 1.54) is 6.07 Å². The maximum Gasteiger partial charge on any atom is 0.371 e. The van der Waals surface area contributed by atoms with Crippen molar-refractivity contribution < 1.29 is 23.9 Å². The highest BCUT2D eigenvalue weighted by atomic mass is 35.5. The third kappa shape index (κ3) is 12.5. The summed E-state index contributed by atoms with van der Waals surface area (Å²) < 4.78 is 8.85. The van der Waals surface area contributed by atoms with Gasteiger partial charge in [-0.15, -0.1) is 0 Å². The summed E-state index contributed by atoms with van der Waals surface area (Å²) in [5, 5.41) is 18.0. The van der Waals surface area contributed by atoms with Crippen LogP contribution in [-0.4, -0.2) is 37.7 Å². The molecular weight excluding hydrogens is 471 g/mol. The van der Waals surface area contributed by atoms with Gasteiger partial charge in [-0.05, 0) is 50.2 Å². The number of ether oxygens (including phenoxy) is 2. The summed E-state index contributed by atoms with van der Waals surface area (Å²) in [6, 6.07) is 13.3. The van der Waals surface area contributed by atoms with E-state index < -0.39 is 11.9 Å². The Morgan fingerprint density at radius 1 is 0.970 bits per heavy atom. The molecular formula is C22H20Cl2N4O5. The number of anilines is 1. The zero-order valence-electron chi connectivity index (χ0n) is 17.7. The van der Waals surface area contributed by atoms with Crippen LogP contribution in [0.15, 0.2) is 41.4 Å². The number of nitrogens with two attached hydrogens (primary N) is 1. The van der Waals surface area contributed by atoms with Gasteiger partial charge in [-0.3, -0.25) is 4.79 Å². The van der Waals surface area contributed by atoms with Crippen molar-refractivity contribution in [2.24, 2.45) is 4.99 Å². The topological polar surface area (TPSA) is 156 Å². The molecule has 2 N–H and O–H groups in total. The highest BCUT2D eigenvalue weighted by Crippen LogP contribution is 2.21. The third-order valence-corrected chi connectivity index (χ3v) is 3.83. The van der Waals surface area contributed by atoms with Gasteiger partial charge in [-0.25, -0.2) is 14.6 Å². The molecule has 0 heterocycles. The van der Waals surface area contributed by atoms with Crippen LogP contribution < -0.4 is 5.73 Å². The summed E-state index contributed by atoms with van der Waals surface area (Å²) in [7, 11) is 0. The molecule has 2 rings (SSSR count). The Morgan fingerprint density at radius 2 is 1.48 bits per heavy atom. The molecule has 0 saturated heterocycles. The largest absolute Gasteiger partial charge is 0.462 e. The fraction of sp³-hybridized carbons (Fsp3) is 0.182. The summed E-state index contributed by atoms with van der Waals surface area (Å²) in [6.07, 6.45) is 1.21. The first-order valence-corrected chi connectivity index (χ1v) is 9.95. The molecule has 0 amide bonds. The number of hydrogen-bond acceptors (Lipinski definition) is 9. The molecule has 0 fully saturated rings. The zero-order chi connectivity index (χ0) is 25.2. The maximum atomic E-state index is 11.0. The normalized spacial score (nSPS) is 9.15. The second-order valence-electron chi connectivity index (χ2n) is 5.51. The Hall–Kier alpha value is -3.92. The summed E-state index contributed by atoms with van der Waals surface area (Å²) >= 11 is 11.4. The zero-order valence-corrected chi connectivity index (χ0v) is 19.3. The van der Waals surface area contributed by atoms with Crippen LogP contribution >= 0.6 is 23.2 Å². The van der Waals surface area contributed by atoms with E-state index in [2.05, 4.69) is 14.5 Å². The number of halogens is 2. The molecule has 0 aliphatic rings. The van der Waals surface area contributed by atoms with Gasteiger partial charge in [0.2, 0.25) is 6.29 Å². The van der Waals surface area contributed by atoms with Crippen LogP contribution in [0, 0.1) is 22.7 Å². The van der Waals surface area contributed by atoms with Gasteiger partial charge in [0.25, 0.3) is 0 Å². The van der Waals surface area contributed by atoms with E-state index in [-0.39, 0.29) is 12.9 Å². The number of nitriles is 2. The number of nitrogens with zero attached hydrogens (tertiary/aromatic N) is 3. The average molecular weight is 491 g/mol. The van der Waals surface area contributed by atoms with Crippen molar-refractivity contribution in [1.29, 1.82) is 10.5 Å². The first-order valence-electron chi connectivity index (χ1n) is 9.19. The van der Waals surface area contributed by atoms with Gasteiger partial charge in [0.1, 0.15) is 18.4 Å². The predicted molar refractivity (Wildman–Crippen MR) is 124 cm³/mol. The Bertz CT molecular complexity index is 1080. The molecule has 0 aliphatic heterocycles. The molecule has 0 aromatic heterocycles. The lowest BCUT2D eigenvalue weighted by Crippen LogP contribution is -2.04. The number of aldehydes is 1. The summed E-state index contributed by atoms with van der Waals surface area (Å²) in [4.78, 5) is 34.1. The van der Waals surface area contributed by atoms with Gasteiger partial charge in [0.05, 0.1) is 40.1 Å². The molecule has 33 heavy (non-hydrogen) atoms. The van der Waals surface area contributed by atoms with Crippen LogP contribution in [0.2, 0.25) is 10.0 Å². The minimum Gasteiger partial charge on any atom is -0.462 e.